The molecule has 114 valence electrons. The van der Waals surface area contributed by atoms with Gasteiger partial charge in [0.05, 0.1) is 11.3 Å². The third-order valence-electron chi connectivity index (χ3n) is 2.26. The number of anilines is 2. The molecule has 0 saturated heterocycles. The first-order chi connectivity index (χ1) is 8.80. The first kappa shape index (κ1) is 16.6. The summed E-state index contributed by atoms with van der Waals surface area (Å²) in [5.74, 6) is -0.203. The number of sulfonamides is 1. The quantitative estimate of drug-likeness (QED) is 0.843. The Balaban J connectivity index is 3.06. The van der Waals surface area contributed by atoms with Crippen LogP contribution in [0.4, 0.5) is 24.5 Å². The Morgan fingerprint density at radius 3 is 2.20 bits per heavy atom. The molecule has 0 atom stereocenters. The summed E-state index contributed by atoms with van der Waals surface area (Å²) in [5, 5.41) is 0. The Kier molecular flexibility index (Phi) is 4.28. The molecule has 8 heteroatoms. The van der Waals surface area contributed by atoms with E-state index >= 15 is 0 Å². The topological polar surface area (TPSA) is 72.2 Å². The van der Waals surface area contributed by atoms with Crippen molar-refractivity contribution in [2.75, 3.05) is 16.2 Å². The smallest absolute Gasteiger partial charge is 0.398 e. The van der Waals surface area contributed by atoms with Crippen LogP contribution in [0.5, 0.6) is 0 Å². The van der Waals surface area contributed by atoms with E-state index < -0.39 is 32.9 Å². The highest BCUT2D eigenvalue weighted by atomic mass is 32.2. The molecule has 20 heavy (non-hydrogen) atoms. The van der Waals surface area contributed by atoms with E-state index in [1.807, 2.05) is 0 Å². The van der Waals surface area contributed by atoms with Crippen LogP contribution in [0, 0.1) is 5.41 Å². The van der Waals surface area contributed by atoms with Crippen molar-refractivity contribution in [3.05, 3.63) is 23.8 Å². The molecule has 0 aliphatic rings. The zero-order chi connectivity index (χ0) is 15.8. The summed E-state index contributed by atoms with van der Waals surface area (Å²) in [7, 11) is -3.73. The molecule has 0 bridgehead atoms. The number of alkyl halides is 3. The van der Waals surface area contributed by atoms with Crippen LogP contribution in [-0.4, -0.2) is 14.2 Å². The predicted molar refractivity (Wildman–Crippen MR) is 72.7 cm³/mol. The Labute approximate surface area is 116 Å². The Morgan fingerprint density at radius 2 is 1.75 bits per heavy atom. The molecule has 1 rings (SSSR count). The van der Waals surface area contributed by atoms with Gasteiger partial charge in [0.15, 0.2) is 0 Å². The van der Waals surface area contributed by atoms with Crippen molar-refractivity contribution in [1.29, 1.82) is 0 Å². The molecule has 1 aromatic carbocycles. The van der Waals surface area contributed by atoms with Crippen molar-refractivity contribution in [3.8, 4) is 0 Å². The van der Waals surface area contributed by atoms with E-state index in [1.165, 1.54) is 6.07 Å². The molecule has 0 unspecified atom stereocenters. The van der Waals surface area contributed by atoms with Crippen LogP contribution in [0.3, 0.4) is 0 Å². The molecule has 3 N–H and O–H groups in total. The molecule has 0 aliphatic carbocycles. The van der Waals surface area contributed by atoms with Gasteiger partial charge in [-0.1, -0.05) is 20.8 Å². The highest BCUT2D eigenvalue weighted by molar-refractivity contribution is 7.92. The number of hydrogen-bond donors (Lipinski definition) is 2. The summed E-state index contributed by atoms with van der Waals surface area (Å²) >= 11 is 0. The van der Waals surface area contributed by atoms with Gasteiger partial charge in [-0.2, -0.15) is 13.2 Å². The van der Waals surface area contributed by atoms with Crippen LogP contribution in [-0.2, 0) is 16.2 Å². The van der Waals surface area contributed by atoms with Gasteiger partial charge >= 0.3 is 6.18 Å². The first-order valence-electron chi connectivity index (χ1n) is 5.77. The maximum atomic E-state index is 12.7. The summed E-state index contributed by atoms with van der Waals surface area (Å²) in [6.45, 7) is 5.16. The second kappa shape index (κ2) is 5.16. The third kappa shape index (κ3) is 4.92. The molecule has 0 fully saturated rings. The fourth-order valence-electron chi connectivity index (χ4n) is 1.65. The number of nitrogen functional groups attached to an aromatic ring is 1. The second-order valence-corrected chi connectivity index (χ2v) is 7.44. The highest BCUT2D eigenvalue weighted by Crippen LogP contribution is 2.35. The van der Waals surface area contributed by atoms with Crippen LogP contribution in [0.2, 0.25) is 0 Å². The fourth-order valence-corrected chi connectivity index (χ4v) is 3.35. The van der Waals surface area contributed by atoms with Gasteiger partial charge in [-0.05, 0) is 23.6 Å². The predicted octanol–water partition coefficient (Wildman–Crippen LogP) is 3.08. The lowest BCUT2D eigenvalue weighted by atomic mass is 10.0. The number of nitrogens with two attached hydrogens (primary N) is 1. The SMILES string of the molecule is CC(C)(C)CS(=O)(=O)Nc1ccc(N)c(C(F)(F)F)c1. The molecule has 1 aromatic rings. The second-order valence-electron chi connectivity index (χ2n) is 5.72. The summed E-state index contributed by atoms with van der Waals surface area (Å²) < 4.78 is 63.8. The minimum atomic E-state index is -4.63. The minimum absolute atomic E-state index is 0.157. The lowest BCUT2D eigenvalue weighted by molar-refractivity contribution is -0.136. The van der Waals surface area contributed by atoms with Crippen molar-refractivity contribution >= 4 is 21.4 Å². The number of halogens is 3. The van der Waals surface area contributed by atoms with Crippen molar-refractivity contribution in [2.45, 2.75) is 26.9 Å². The molecule has 0 spiro atoms. The van der Waals surface area contributed by atoms with Gasteiger partial charge in [0.1, 0.15) is 0 Å². The van der Waals surface area contributed by atoms with E-state index in [-0.39, 0.29) is 11.4 Å². The summed E-state index contributed by atoms with van der Waals surface area (Å²) in [6.07, 6.45) is -4.63. The van der Waals surface area contributed by atoms with Crippen molar-refractivity contribution in [1.82, 2.24) is 0 Å². The van der Waals surface area contributed by atoms with Crippen LogP contribution in [0.25, 0.3) is 0 Å². The molecule has 0 saturated carbocycles. The molecule has 0 radical (unpaired) electrons. The average molecular weight is 310 g/mol. The van der Waals surface area contributed by atoms with E-state index in [9.17, 15) is 21.6 Å². The Morgan fingerprint density at radius 1 is 1.20 bits per heavy atom. The van der Waals surface area contributed by atoms with Gasteiger partial charge in [-0.3, -0.25) is 4.72 Å². The number of hydrogen-bond acceptors (Lipinski definition) is 3. The summed E-state index contributed by atoms with van der Waals surface area (Å²) in [6, 6.07) is 2.91. The van der Waals surface area contributed by atoms with E-state index in [0.29, 0.717) is 6.07 Å². The Bertz CT molecular complexity index is 590. The standard InChI is InChI=1S/C12H17F3N2O2S/c1-11(2,3)7-20(18,19)17-8-4-5-10(16)9(6-8)12(13,14)15/h4-6,17H,7,16H2,1-3H3. The maximum absolute atomic E-state index is 12.7. The summed E-state index contributed by atoms with van der Waals surface area (Å²) in [4.78, 5) is 0. The van der Waals surface area contributed by atoms with Crippen molar-refractivity contribution < 1.29 is 21.6 Å². The molecule has 0 heterocycles. The average Bonchev–Trinajstić information content (AvgIpc) is 2.14. The monoisotopic (exact) mass is 310 g/mol. The van der Waals surface area contributed by atoms with E-state index in [1.54, 1.807) is 20.8 Å². The zero-order valence-electron chi connectivity index (χ0n) is 11.4. The lowest BCUT2D eigenvalue weighted by Crippen LogP contribution is -2.26. The van der Waals surface area contributed by atoms with Gasteiger partial charge < -0.3 is 5.73 Å². The largest absolute Gasteiger partial charge is 0.418 e. The van der Waals surface area contributed by atoms with Crippen LogP contribution >= 0.6 is 0 Å². The highest BCUT2D eigenvalue weighted by Gasteiger charge is 2.33. The Hall–Kier alpha value is -1.44. The molecular formula is C12H17F3N2O2S. The fraction of sp³-hybridized carbons (Fsp3) is 0.500. The van der Waals surface area contributed by atoms with Crippen LogP contribution < -0.4 is 10.5 Å². The minimum Gasteiger partial charge on any atom is -0.398 e. The molecule has 0 aromatic heterocycles. The normalized spacial score (nSPS) is 13.3. The van der Waals surface area contributed by atoms with Gasteiger partial charge in [-0.15, -0.1) is 0 Å². The van der Waals surface area contributed by atoms with Gasteiger partial charge in [-0.25, -0.2) is 8.42 Å². The van der Waals surface area contributed by atoms with Gasteiger partial charge in [0.2, 0.25) is 10.0 Å². The number of nitrogens with one attached hydrogen (secondary N) is 1. The molecule has 4 nitrogen and oxygen atoms in total. The number of benzene rings is 1. The van der Waals surface area contributed by atoms with E-state index in [2.05, 4.69) is 4.72 Å². The van der Waals surface area contributed by atoms with E-state index in [4.69, 9.17) is 5.73 Å². The van der Waals surface area contributed by atoms with Crippen molar-refractivity contribution in [2.24, 2.45) is 5.41 Å². The van der Waals surface area contributed by atoms with Gasteiger partial charge in [0, 0.05) is 11.4 Å². The number of rotatable bonds is 3. The summed E-state index contributed by atoms with van der Waals surface area (Å²) in [5.41, 5.74) is 3.07. The van der Waals surface area contributed by atoms with E-state index in [0.717, 1.165) is 6.07 Å². The van der Waals surface area contributed by atoms with Gasteiger partial charge in [0.25, 0.3) is 0 Å². The maximum Gasteiger partial charge on any atom is 0.418 e. The lowest BCUT2D eigenvalue weighted by Gasteiger charge is -2.19. The van der Waals surface area contributed by atoms with Crippen molar-refractivity contribution in [3.63, 3.8) is 0 Å². The third-order valence-corrected chi connectivity index (χ3v) is 4.05. The zero-order valence-corrected chi connectivity index (χ0v) is 12.2. The van der Waals surface area contributed by atoms with Crippen LogP contribution in [0.1, 0.15) is 26.3 Å². The molecular weight excluding hydrogens is 293 g/mol. The molecule has 0 aliphatic heterocycles. The van der Waals surface area contributed by atoms with Crippen LogP contribution in [0.15, 0.2) is 18.2 Å². The molecule has 0 amide bonds. The first-order valence-corrected chi connectivity index (χ1v) is 7.43.